The van der Waals surface area contributed by atoms with Crippen molar-refractivity contribution in [3.63, 3.8) is 0 Å². The van der Waals surface area contributed by atoms with Crippen molar-refractivity contribution in [3.8, 4) is 0 Å². The molecule has 27 heavy (non-hydrogen) atoms. The number of hydrogen-bond acceptors (Lipinski definition) is 4. The number of amides is 3. The lowest BCUT2D eigenvalue weighted by Gasteiger charge is -2.32. The second kappa shape index (κ2) is 6.96. The average Bonchev–Trinajstić information content (AvgIpc) is 2.94. The zero-order valence-corrected chi connectivity index (χ0v) is 15.2. The molecule has 0 N–H and O–H groups in total. The molecule has 6 nitrogen and oxygen atoms in total. The van der Waals surface area contributed by atoms with E-state index in [-0.39, 0.29) is 24.3 Å². The predicted octanol–water partition coefficient (Wildman–Crippen LogP) is 1.87. The van der Waals surface area contributed by atoms with Crippen molar-refractivity contribution < 1.29 is 14.4 Å². The predicted molar refractivity (Wildman–Crippen MR) is 100 cm³/mol. The van der Waals surface area contributed by atoms with Crippen LogP contribution in [0.4, 0.5) is 0 Å². The summed E-state index contributed by atoms with van der Waals surface area (Å²) in [6.07, 6.45) is 0. The quantitative estimate of drug-likeness (QED) is 0.781. The zero-order valence-electron chi connectivity index (χ0n) is 15.2. The minimum atomic E-state index is -0.270. The van der Waals surface area contributed by atoms with Crippen LogP contribution in [0.25, 0.3) is 0 Å². The molecule has 2 aliphatic heterocycles. The Hall–Kier alpha value is -2.99. The summed E-state index contributed by atoms with van der Waals surface area (Å²) in [4.78, 5) is 42.8. The molecule has 2 aromatic rings. The highest BCUT2D eigenvalue weighted by molar-refractivity contribution is 6.21. The van der Waals surface area contributed by atoms with Gasteiger partial charge in [0.1, 0.15) is 0 Å². The molecular weight excluding hydrogens is 342 g/mol. The van der Waals surface area contributed by atoms with Gasteiger partial charge in [-0.25, -0.2) is 0 Å². The lowest BCUT2D eigenvalue weighted by Crippen LogP contribution is -2.47. The number of benzene rings is 2. The molecule has 0 radical (unpaired) electrons. The van der Waals surface area contributed by atoms with E-state index >= 15 is 0 Å². The topological polar surface area (TPSA) is 60.9 Å². The summed E-state index contributed by atoms with van der Waals surface area (Å²) in [5.41, 5.74) is 2.35. The highest BCUT2D eigenvalue weighted by atomic mass is 16.2. The Kier molecular flexibility index (Phi) is 4.49. The summed E-state index contributed by atoms with van der Waals surface area (Å²) in [5, 5.41) is 0. The Bertz CT molecular complexity index is 864. The summed E-state index contributed by atoms with van der Waals surface area (Å²) < 4.78 is 0. The van der Waals surface area contributed by atoms with Crippen molar-refractivity contribution in [2.24, 2.45) is 0 Å². The van der Waals surface area contributed by atoms with E-state index in [4.69, 9.17) is 0 Å². The first-order valence-corrected chi connectivity index (χ1v) is 9.06. The minimum Gasteiger partial charge on any atom is -0.336 e. The summed E-state index contributed by atoms with van der Waals surface area (Å²) in [5.74, 6) is -0.517. The van der Waals surface area contributed by atoms with Gasteiger partial charge in [0.2, 0.25) is 0 Å². The maximum Gasteiger partial charge on any atom is 0.261 e. The van der Waals surface area contributed by atoms with Crippen LogP contribution in [0.2, 0.25) is 0 Å². The number of fused-ring (bicyclic) bond motifs is 1. The molecule has 0 aromatic heterocycles. The van der Waals surface area contributed by atoms with Gasteiger partial charge in [-0.3, -0.25) is 19.3 Å². The van der Waals surface area contributed by atoms with Gasteiger partial charge in [0, 0.05) is 31.7 Å². The molecule has 2 aromatic carbocycles. The minimum absolute atomic E-state index is 0.0235. The number of imide groups is 1. The Morgan fingerprint density at radius 2 is 1.41 bits per heavy atom. The van der Waals surface area contributed by atoms with Crippen LogP contribution in [0.1, 0.15) is 36.6 Å². The number of rotatable bonds is 3. The fourth-order valence-electron chi connectivity index (χ4n) is 3.51. The molecule has 0 unspecified atom stereocenters. The van der Waals surface area contributed by atoms with Gasteiger partial charge in [-0.2, -0.15) is 0 Å². The van der Waals surface area contributed by atoms with Crippen molar-refractivity contribution in [1.82, 2.24) is 14.7 Å². The number of carbonyl (C=O) groups excluding carboxylic acids is 3. The molecule has 138 valence electrons. The molecule has 0 saturated carbocycles. The lowest BCUT2D eigenvalue weighted by molar-refractivity contribution is 0.0636. The number of hydrogen-bond donors (Lipinski definition) is 0. The van der Waals surface area contributed by atoms with E-state index in [1.165, 1.54) is 4.90 Å². The molecule has 3 amide bonds. The van der Waals surface area contributed by atoms with Crippen molar-refractivity contribution in [2.45, 2.75) is 6.54 Å². The smallest absolute Gasteiger partial charge is 0.261 e. The molecule has 2 aliphatic rings. The van der Waals surface area contributed by atoms with Crippen LogP contribution in [0.3, 0.4) is 0 Å². The molecule has 0 atom stereocenters. The molecule has 2 heterocycles. The summed E-state index contributed by atoms with van der Waals surface area (Å²) in [6.45, 7) is 3.42. The summed E-state index contributed by atoms with van der Waals surface area (Å²) >= 11 is 0. The van der Waals surface area contributed by atoms with Gasteiger partial charge < -0.3 is 9.80 Å². The first-order chi connectivity index (χ1) is 13.0. The molecule has 0 spiro atoms. The SMILES string of the molecule is CN1CCN(C(=O)c2ccc(CN3C(=O)c4ccccc4C3=O)cc2)CC1. The van der Waals surface area contributed by atoms with Crippen LogP contribution in [0.5, 0.6) is 0 Å². The molecule has 1 saturated heterocycles. The highest BCUT2D eigenvalue weighted by Gasteiger charge is 2.34. The average molecular weight is 363 g/mol. The van der Waals surface area contributed by atoms with Crippen molar-refractivity contribution in [1.29, 1.82) is 0 Å². The fraction of sp³-hybridized carbons (Fsp3) is 0.286. The summed E-state index contributed by atoms with van der Waals surface area (Å²) in [6, 6.07) is 14.0. The van der Waals surface area contributed by atoms with Crippen molar-refractivity contribution in [2.75, 3.05) is 33.2 Å². The van der Waals surface area contributed by atoms with E-state index in [1.807, 2.05) is 17.0 Å². The highest BCUT2D eigenvalue weighted by Crippen LogP contribution is 2.24. The molecule has 1 fully saturated rings. The third kappa shape index (κ3) is 3.24. The molecule has 4 rings (SSSR count). The van der Waals surface area contributed by atoms with E-state index in [0.29, 0.717) is 16.7 Å². The van der Waals surface area contributed by atoms with Gasteiger partial charge in [0.25, 0.3) is 17.7 Å². The summed E-state index contributed by atoms with van der Waals surface area (Å²) in [7, 11) is 2.05. The molecule has 0 aliphatic carbocycles. The standard InChI is InChI=1S/C21H21N3O3/c1-22-10-12-23(13-11-22)19(25)16-8-6-15(7-9-16)14-24-20(26)17-4-2-3-5-18(17)21(24)27/h2-9H,10-14H2,1H3. The third-order valence-electron chi connectivity index (χ3n) is 5.21. The van der Waals surface area contributed by atoms with Crippen molar-refractivity contribution >= 4 is 17.7 Å². The second-order valence-electron chi connectivity index (χ2n) is 7.03. The second-order valence-corrected chi connectivity index (χ2v) is 7.03. The first-order valence-electron chi connectivity index (χ1n) is 9.06. The monoisotopic (exact) mass is 363 g/mol. The van der Waals surface area contributed by atoms with Crippen LogP contribution in [-0.4, -0.2) is 65.6 Å². The van der Waals surface area contributed by atoms with Gasteiger partial charge in [-0.1, -0.05) is 24.3 Å². The number of carbonyl (C=O) groups is 3. The number of likely N-dealkylation sites (N-methyl/N-ethyl adjacent to an activating group) is 1. The van der Waals surface area contributed by atoms with Crippen LogP contribution < -0.4 is 0 Å². The van der Waals surface area contributed by atoms with E-state index < -0.39 is 0 Å². The van der Waals surface area contributed by atoms with E-state index in [1.54, 1.807) is 36.4 Å². The van der Waals surface area contributed by atoms with Gasteiger partial charge >= 0.3 is 0 Å². The van der Waals surface area contributed by atoms with E-state index in [0.717, 1.165) is 31.7 Å². The van der Waals surface area contributed by atoms with E-state index in [9.17, 15) is 14.4 Å². The van der Waals surface area contributed by atoms with Crippen LogP contribution in [0, 0.1) is 0 Å². The van der Waals surface area contributed by atoms with Crippen LogP contribution in [0.15, 0.2) is 48.5 Å². The van der Waals surface area contributed by atoms with Gasteiger partial charge in [-0.05, 0) is 36.9 Å². The molecular formula is C21H21N3O3. The van der Waals surface area contributed by atoms with Gasteiger partial charge in [-0.15, -0.1) is 0 Å². The number of nitrogens with zero attached hydrogens (tertiary/aromatic N) is 3. The van der Waals surface area contributed by atoms with Gasteiger partial charge in [0.05, 0.1) is 17.7 Å². The molecule has 6 heteroatoms. The first kappa shape index (κ1) is 17.4. The normalized spacial score (nSPS) is 17.4. The van der Waals surface area contributed by atoms with Gasteiger partial charge in [0.15, 0.2) is 0 Å². The van der Waals surface area contributed by atoms with Crippen LogP contribution in [-0.2, 0) is 6.54 Å². The largest absolute Gasteiger partial charge is 0.336 e. The number of piperazine rings is 1. The Morgan fingerprint density at radius 3 is 1.96 bits per heavy atom. The van der Waals surface area contributed by atoms with Crippen LogP contribution >= 0.6 is 0 Å². The molecule has 0 bridgehead atoms. The lowest BCUT2D eigenvalue weighted by atomic mass is 10.1. The third-order valence-corrected chi connectivity index (χ3v) is 5.21. The maximum absolute atomic E-state index is 12.6. The van der Waals surface area contributed by atoms with Crippen molar-refractivity contribution in [3.05, 3.63) is 70.8 Å². The Balaban J connectivity index is 1.45. The zero-order chi connectivity index (χ0) is 19.0. The fourth-order valence-corrected chi connectivity index (χ4v) is 3.51. The Morgan fingerprint density at radius 1 is 0.852 bits per heavy atom. The maximum atomic E-state index is 12.6. The van der Waals surface area contributed by atoms with E-state index in [2.05, 4.69) is 11.9 Å². The Labute approximate surface area is 158 Å².